The van der Waals surface area contributed by atoms with Crippen LogP contribution in [0.2, 0.25) is 0 Å². The zero-order valence-electron chi connectivity index (χ0n) is 16.0. The predicted octanol–water partition coefficient (Wildman–Crippen LogP) is 3.23. The SMILES string of the molecule is CC(=O)NC1CN(C(=O)c2ccc3c(c2)CCC3)CC1c1ccc(C)cc1. The van der Waals surface area contributed by atoms with Gasteiger partial charge in [0.2, 0.25) is 5.91 Å². The van der Waals surface area contributed by atoms with E-state index in [1.165, 1.54) is 35.6 Å². The first kappa shape index (κ1) is 17.8. The second-order valence-corrected chi connectivity index (χ2v) is 7.87. The van der Waals surface area contributed by atoms with Crippen molar-refractivity contribution < 1.29 is 9.59 Å². The highest BCUT2D eigenvalue weighted by molar-refractivity contribution is 5.95. The van der Waals surface area contributed by atoms with E-state index < -0.39 is 0 Å². The van der Waals surface area contributed by atoms with Gasteiger partial charge in [-0.15, -0.1) is 0 Å². The van der Waals surface area contributed by atoms with E-state index in [2.05, 4.69) is 48.6 Å². The number of fused-ring (bicyclic) bond motifs is 1. The maximum absolute atomic E-state index is 13.1. The molecule has 0 saturated carbocycles. The first-order valence-electron chi connectivity index (χ1n) is 9.76. The summed E-state index contributed by atoms with van der Waals surface area (Å²) in [5.41, 5.74) is 5.83. The molecule has 1 saturated heterocycles. The molecule has 140 valence electrons. The van der Waals surface area contributed by atoms with Gasteiger partial charge in [0.15, 0.2) is 0 Å². The third-order valence-electron chi connectivity index (χ3n) is 5.85. The van der Waals surface area contributed by atoms with Crippen molar-refractivity contribution >= 4 is 11.8 Å². The van der Waals surface area contributed by atoms with Crippen LogP contribution < -0.4 is 5.32 Å². The molecule has 1 N–H and O–H groups in total. The molecular weight excluding hydrogens is 336 g/mol. The summed E-state index contributed by atoms with van der Waals surface area (Å²) < 4.78 is 0. The van der Waals surface area contributed by atoms with Crippen molar-refractivity contribution in [1.29, 1.82) is 0 Å². The summed E-state index contributed by atoms with van der Waals surface area (Å²) in [5.74, 6) is 0.131. The minimum atomic E-state index is -0.0522. The molecule has 0 spiro atoms. The summed E-state index contributed by atoms with van der Waals surface area (Å²) in [4.78, 5) is 26.7. The number of carbonyl (C=O) groups is 2. The molecule has 27 heavy (non-hydrogen) atoms. The van der Waals surface area contributed by atoms with E-state index in [1.807, 2.05) is 11.0 Å². The van der Waals surface area contributed by atoms with Gasteiger partial charge in [0.1, 0.15) is 0 Å². The zero-order chi connectivity index (χ0) is 19.0. The average Bonchev–Trinajstić information content (AvgIpc) is 3.27. The van der Waals surface area contributed by atoms with Crippen molar-refractivity contribution in [2.45, 2.75) is 45.1 Å². The molecule has 2 aromatic carbocycles. The van der Waals surface area contributed by atoms with Crippen LogP contribution in [0.15, 0.2) is 42.5 Å². The molecule has 4 heteroatoms. The predicted molar refractivity (Wildman–Crippen MR) is 106 cm³/mol. The summed E-state index contributed by atoms with van der Waals surface area (Å²) >= 11 is 0. The summed E-state index contributed by atoms with van der Waals surface area (Å²) in [6.45, 7) is 4.78. The Morgan fingerprint density at radius 2 is 1.74 bits per heavy atom. The number of rotatable bonds is 3. The van der Waals surface area contributed by atoms with Gasteiger partial charge in [0, 0.05) is 31.5 Å². The van der Waals surface area contributed by atoms with Gasteiger partial charge in [-0.3, -0.25) is 9.59 Å². The second-order valence-electron chi connectivity index (χ2n) is 7.87. The van der Waals surface area contributed by atoms with Crippen LogP contribution in [0.1, 0.15) is 51.9 Å². The largest absolute Gasteiger partial charge is 0.351 e. The Morgan fingerprint density at radius 1 is 1.00 bits per heavy atom. The number of hydrogen-bond donors (Lipinski definition) is 1. The van der Waals surface area contributed by atoms with Gasteiger partial charge in [-0.2, -0.15) is 0 Å². The highest BCUT2D eigenvalue weighted by Gasteiger charge is 2.37. The van der Waals surface area contributed by atoms with E-state index in [-0.39, 0.29) is 23.8 Å². The number of benzene rings is 2. The molecule has 1 aliphatic heterocycles. The number of hydrogen-bond acceptors (Lipinski definition) is 2. The Kier molecular flexibility index (Phi) is 4.73. The highest BCUT2D eigenvalue weighted by Crippen LogP contribution is 2.30. The lowest BCUT2D eigenvalue weighted by Crippen LogP contribution is -2.39. The van der Waals surface area contributed by atoms with Gasteiger partial charge in [0.05, 0.1) is 6.04 Å². The summed E-state index contributed by atoms with van der Waals surface area (Å²) in [7, 11) is 0. The van der Waals surface area contributed by atoms with E-state index in [9.17, 15) is 9.59 Å². The van der Waals surface area contributed by atoms with Crippen molar-refractivity contribution in [3.63, 3.8) is 0 Å². The fourth-order valence-electron chi connectivity index (χ4n) is 4.42. The number of nitrogens with zero attached hydrogens (tertiary/aromatic N) is 1. The molecule has 2 unspecified atom stereocenters. The lowest BCUT2D eigenvalue weighted by atomic mass is 9.93. The first-order chi connectivity index (χ1) is 13.0. The quantitative estimate of drug-likeness (QED) is 0.911. The van der Waals surface area contributed by atoms with Crippen LogP contribution in [0.5, 0.6) is 0 Å². The zero-order valence-corrected chi connectivity index (χ0v) is 16.0. The van der Waals surface area contributed by atoms with Crippen LogP contribution in [0.4, 0.5) is 0 Å². The molecule has 1 aliphatic carbocycles. The van der Waals surface area contributed by atoms with Crippen LogP contribution in [0.3, 0.4) is 0 Å². The normalized spacial score (nSPS) is 21.2. The maximum atomic E-state index is 13.1. The van der Waals surface area contributed by atoms with Gasteiger partial charge in [-0.25, -0.2) is 0 Å². The van der Waals surface area contributed by atoms with E-state index in [4.69, 9.17) is 0 Å². The fraction of sp³-hybridized carbons (Fsp3) is 0.391. The first-order valence-corrected chi connectivity index (χ1v) is 9.76. The van der Waals surface area contributed by atoms with E-state index in [1.54, 1.807) is 0 Å². The molecular formula is C23H26N2O2. The second kappa shape index (κ2) is 7.18. The minimum Gasteiger partial charge on any atom is -0.351 e. The Balaban J connectivity index is 1.57. The molecule has 4 rings (SSSR count). The van der Waals surface area contributed by atoms with E-state index >= 15 is 0 Å². The van der Waals surface area contributed by atoms with Gasteiger partial charge in [0.25, 0.3) is 5.91 Å². The molecule has 0 aromatic heterocycles. The number of amides is 2. The van der Waals surface area contributed by atoms with Crippen molar-refractivity contribution in [2.75, 3.05) is 13.1 Å². The third-order valence-corrected chi connectivity index (χ3v) is 5.85. The van der Waals surface area contributed by atoms with Crippen molar-refractivity contribution in [3.05, 3.63) is 70.3 Å². The lowest BCUT2D eigenvalue weighted by molar-refractivity contribution is -0.119. The molecule has 1 fully saturated rings. The molecule has 2 amide bonds. The van der Waals surface area contributed by atoms with Gasteiger partial charge in [-0.1, -0.05) is 35.9 Å². The maximum Gasteiger partial charge on any atom is 0.253 e. The Hall–Kier alpha value is -2.62. The van der Waals surface area contributed by atoms with Gasteiger partial charge >= 0.3 is 0 Å². The summed E-state index contributed by atoms with van der Waals surface area (Å²) in [6.07, 6.45) is 3.36. The van der Waals surface area contributed by atoms with Crippen LogP contribution in [0.25, 0.3) is 0 Å². The van der Waals surface area contributed by atoms with Crippen LogP contribution >= 0.6 is 0 Å². The monoisotopic (exact) mass is 362 g/mol. The van der Waals surface area contributed by atoms with Crippen LogP contribution in [-0.4, -0.2) is 35.8 Å². The standard InChI is InChI=1S/C23H26N2O2/c1-15-6-8-18(9-7-15)21-13-25(14-22(21)24-16(2)26)23(27)20-11-10-17-4-3-5-19(17)12-20/h6-12,21-22H,3-5,13-14H2,1-2H3,(H,24,26). The number of nitrogens with one attached hydrogen (secondary N) is 1. The van der Waals surface area contributed by atoms with Crippen molar-refractivity contribution in [3.8, 4) is 0 Å². The van der Waals surface area contributed by atoms with Crippen molar-refractivity contribution in [2.24, 2.45) is 0 Å². The molecule has 2 atom stereocenters. The topological polar surface area (TPSA) is 49.4 Å². The number of aryl methyl sites for hydroxylation is 3. The van der Waals surface area contributed by atoms with Gasteiger partial charge in [-0.05, 0) is 55.0 Å². The molecule has 0 bridgehead atoms. The summed E-state index contributed by atoms with van der Waals surface area (Å²) in [6, 6.07) is 14.5. The Bertz CT molecular complexity index is 872. The lowest BCUT2D eigenvalue weighted by Gasteiger charge is -2.19. The number of likely N-dealkylation sites (tertiary alicyclic amines) is 1. The summed E-state index contributed by atoms with van der Waals surface area (Å²) in [5, 5.41) is 3.05. The minimum absolute atomic E-state index is 0.0519. The van der Waals surface area contributed by atoms with Gasteiger partial charge < -0.3 is 10.2 Å². The molecule has 4 nitrogen and oxygen atoms in total. The Morgan fingerprint density at radius 3 is 2.48 bits per heavy atom. The van der Waals surface area contributed by atoms with Crippen molar-refractivity contribution in [1.82, 2.24) is 10.2 Å². The smallest absolute Gasteiger partial charge is 0.253 e. The molecule has 1 heterocycles. The number of carbonyl (C=O) groups excluding carboxylic acids is 2. The Labute approximate surface area is 160 Å². The molecule has 0 radical (unpaired) electrons. The van der Waals surface area contributed by atoms with Crippen LogP contribution in [0, 0.1) is 6.92 Å². The van der Waals surface area contributed by atoms with E-state index in [0.717, 1.165) is 18.4 Å². The van der Waals surface area contributed by atoms with Crippen LogP contribution in [-0.2, 0) is 17.6 Å². The fourth-order valence-corrected chi connectivity index (χ4v) is 4.42. The molecule has 2 aromatic rings. The average molecular weight is 362 g/mol. The molecule has 2 aliphatic rings. The van der Waals surface area contributed by atoms with E-state index in [0.29, 0.717) is 13.1 Å². The highest BCUT2D eigenvalue weighted by atomic mass is 16.2. The third kappa shape index (κ3) is 3.61.